The first-order valence-corrected chi connectivity index (χ1v) is 9.74. The van der Waals surface area contributed by atoms with Crippen molar-refractivity contribution < 1.29 is 22.0 Å². The van der Waals surface area contributed by atoms with Crippen LogP contribution in [0.3, 0.4) is 0 Å². The Hall–Kier alpha value is -0.883. The first-order chi connectivity index (χ1) is 9.83. The van der Waals surface area contributed by atoms with Crippen molar-refractivity contribution in [1.29, 1.82) is 0 Å². The molecule has 120 valence electrons. The number of rotatable bonds is 8. The van der Waals surface area contributed by atoms with Gasteiger partial charge in [0.1, 0.15) is 6.10 Å². The fourth-order valence-corrected chi connectivity index (χ4v) is 5.15. The van der Waals surface area contributed by atoms with Gasteiger partial charge in [-0.15, -0.1) is 0 Å². The molecule has 0 aliphatic heterocycles. The van der Waals surface area contributed by atoms with Crippen molar-refractivity contribution in [3.05, 3.63) is 35.9 Å². The lowest BCUT2D eigenvalue weighted by atomic mass is 10.0. The predicted octanol–water partition coefficient (Wildman–Crippen LogP) is 5.65. The van der Waals surface area contributed by atoms with Crippen LogP contribution >= 0.6 is 0 Å². The molecule has 1 unspecified atom stereocenters. The number of alkyl halides is 4. The van der Waals surface area contributed by atoms with Crippen molar-refractivity contribution in [1.82, 2.24) is 0 Å². The molecule has 0 aliphatic rings. The highest BCUT2D eigenvalue weighted by Crippen LogP contribution is 2.42. The van der Waals surface area contributed by atoms with Crippen molar-refractivity contribution >= 4 is 8.32 Å². The van der Waals surface area contributed by atoms with Gasteiger partial charge in [-0.25, -0.2) is 8.78 Å². The average Bonchev–Trinajstić information content (AvgIpc) is 2.50. The fourth-order valence-electron chi connectivity index (χ4n) is 2.36. The molecule has 0 aliphatic carbocycles. The molecule has 0 saturated heterocycles. The molecule has 0 spiro atoms. The highest BCUT2D eigenvalue weighted by atomic mass is 28.4. The topological polar surface area (TPSA) is 9.23 Å². The Labute approximate surface area is 124 Å². The molecular weight excluding hydrogens is 300 g/mol. The van der Waals surface area contributed by atoms with E-state index in [2.05, 4.69) is 0 Å². The molecule has 0 fully saturated rings. The quantitative estimate of drug-likeness (QED) is 0.444. The zero-order valence-electron chi connectivity index (χ0n) is 12.6. The van der Waals surface area contributed by atoms with Gasteiger partial charge in [0, 0.05) is 0 Å². The Balaban J connectivity index is 3.21. The molecule has 0 saturated carbocycles. The second-order valence-electron chi connectivity index (χ2n) is 5.13. The summed E-state index contributed by atoms with van der Waals surface area (Å²) in [6, 6.07) is 9.49. The van der Waals surface area contributed by atoms with E-state index < -0.39 is 26.8 Å². The summed E-state index contributed by atoms with van der Waals surface area (Å²) in [7, 11) is -2.43. The van der Waals surface area contributed by atoms with E-state index in [1.54, 1.807) is 18.2 Å². The van der Waals surface area contributed by atoms with Crippen molar-refractivity contribution in [2.24, 2.45) is 0 Å². The summed E-state index contributed by atoms with van der Waals surface area (Å²) in [5, 5.41) is 0. The lowest BCUT2D eigenvalue weighted by Crippen LogP contribution is -2.45. The largest absolute Gasteiger partial charge is 0.404 e. The van der Waals surface area contributed by atoms with Crippen LogP contribution in [0, 0.1) is 0 Å². The summed E-state index contributed by atoms with van der Waals surface area (Å²) < 4.78 is 59.3. The first-order valence-electron chi connectivity index (χ1n) is 7.21. The maximum Gasteiger partial charge on any atom is 0.335 e. The molecule has 1 aromatic rings. The molecule has 1 aromatic carbocycles. The third-order valence-corrected chi connectivity index (χ3v) is 8.65. The van der Waals surface area contributed by atoms with Crippen LogP contribution in [0.1, 0.15) is 32.4 Å². The Kier molecular flexibility index (Phi) is 6.40. The Morgan fingerprint density at radius 3 is 1.86 bits per heavy atom. The van der Waals surface area contributed by atoms with Gasteiger partial charge in [-0.3, -0.25) is 0 Å². The molecule has 1 nitrogen and oxygen atoms in total. The summed E-state index contributed by atoms with van der Waals surface area (Å²) in [4.78, 5) is 0. The van der Waals surface area contributed by atoms with E-state index in [4.69, 9.17) is 4.43 Å². The van der Waals surface area contributed by atoms with Crippen LogP contribution in [-0.4, -0.2) is 20.7 Å². The van der Waals surface area contributed by atoms with E-state index in [0.717, 1.165) is 0 Å². The lowest BCUT2D eigenvalue weighted by Gasteiger charge is -2.36. The Morgan fingerprint density at radius 2 is 1.48 bits per heavy atom. The predicted molar refractivity (Wildman–Crippen MR) is 78.4 cm³/mol. The third kappa shape index (κ3) is 4.07. The smallest absolute Gasteiger partial charge is 0.335 e. The Bertz CT molecular complexity index is 413. The molecular formula is C15H22F4OSi. The second-order valence-corrected chi connectivity index (χ2v) is 9.85. The van der Waals surface area contributed by atoms with E-state index in [-0.39, 0.29) is 5.56 Å². The van der Waals surface area contributed by atoms with Gasteiger partial charge in [0.15, 0.2) is 8.32 Å². The van der Waals surface area contributed by atoms with Crippen molar-refractivity contribution in [3.8, 4) is 0 Å². The van der Waals surface area contributed by atoms with E-state index in [1.807, 2.05) is 20.8 Å². The number of hydrogen-bond acceptors (Lipinski definition) is 1. The SMILES string of the molecule is CC[Si](CC)(CC)OC(c1ccccc1)C(F)(F)C(F)F. The van der Waals surface area contributed by atoms with E-state index in [1.165, 1.54) is 12.1 Å². The normalized spacial score (nSPS) is 14.5. The summed E-state index contributed by atoms with van der Waals surface area (Å²) in [5.74, 6) is -4.20. The minimum Gasteiger partial charge on any atom is -0.404 e. The van der Waals surface area contributed by atoms with E-state index >= 15 is 0 Å². The van der Waals surface area contributed by atoms with Crippen LogP contribution < -0.4 is 0 Å². The molecule has 21 heavy (non-hydrogen) atoms. The van der Waals surface area contributed by atoms with Gasteiger partial charge in [-0.05, 0) is 23.7 Å². The van der Waals surface area contributed by atoms with Gasteiger partial charge in [0.05, 0.1) is 0 Å². The summed E-state index contributed by atoms with van der Waals surface area (Å²) in [5.41, 5.74) is 0.107. The van der Waals surface area contributed by atoms with Gasteiger partial charge in [-0.1, -0.05) is 51.1 Å². The summed E-state index contributed by atoms with van der Waals surface area (Å²) in [6.45, 7) is 5.63. The Morgan fingerprint density at radius 1 is 1.00 bits per heavy atom. The maximum absolute atomic E-state index is 14.0. The zero-order chi connectivity index (χ0) is 16.1. The highest BCUT2D eigenvalue weighted by Gasteiger charge is 2.52. The molecule has 0 N–H and O–H groups in total. The standard InChI is InChI=1S/C15H22F4OSi/c1-4-21(5-2,6-3)20-13(15(18,19)14(16)17)12-10-8-7-9-11-12/h7-11,13-14H,4-6H2,1-3H3. The molecule has 1 rings (SSSR count). The van der Waals surface area contributed by atoms with Crippen LogP contribution in [0.25, 0.3) is 0 Å². The first kappa shape index (κ1) is 18.2. The molecule has 0 aromatic heterocycles. The van der Waals surface area contributed by atoms with Crippen LogP contribution in [0.5, 0.6) is 0 Å². The molecule has 1 atom stereocenters. The van der Waals surface area contributed by atoms with Gasteiger partial charge in [0.25, 0.3) is 0 Å². The van der Waals surface area contributed by atoms with Gasteiger partial charge in [-0.2, -0.15) is 8.78 Å². The molecule has 0 bridgehead atoms. The van der Waals surface area contributed by atoms with Gasteiger partial charge in [0.2, 0.25) is 0 Å². The van der Waals surface area contributed by atoms with Crippen molar-refractivity contribution in [2.45, 2.75) is 57.4 Å². The average molecular weight is 322 g/mol. The summed E-state index contributed by atoms with van der Waals surface area (Å²) in [6.07, 6.45) is -5.63. The molecule has 0 heterocycles. The molecule has 0 amide bonds. The molecule has 6 heteroatoms. The number of benzene rings is 1. The minimum absolute atomic E-state index is 0.107. The van der Waals surface area contributed by atoms with Crippen LogP contribution in [0.2, 0.25) is 18.1 Å². The highest BCUT2D eigenvalue weighted by molar-refractivity contribution is 6.73. The lowest BCUT2D eigenvalue weighted by molar-refractivity contribution is -0.188. The van der Waals surface area contributed by atoms with Crippen LogP contribution in [-0.2, 0) is 4.43 Å². The maximum atomic E-state index is 14.0. The van der Waals surface area contributed by atoms with Gasteiger partial charge >= 0.3 is 12.3 Å². The fraction of sp³-hybridized carbons (Fsp3) is 0.600. The van der Waals surface area contributed by atoms with Crippen molar-refractivity contribution in [3.63, 3.8) is 0 Å². The van der Waals surface area contributed by atoms with Crippen LogP contribution in [0.4, 0.5) is 17.6 Å². The van der Waals surface area contributed by atoms with Crippen molar-refractivity contribution in [2.75, 3.05) is 0 Å². The minimum atomic E-state index is -4.20. The number of halogens is 4. The molecule has 0 radical (unpaired) electrons. The monoisotopic (exact) mass is 322 g/mol. The van der Waals surface area contributed by atoms with E-state index in [0.29, 0.717) is 18.1 Å². The third-order valence-electron chi connectivity index (χ3n) is 4.04. The number of hydrogen-bond donors (Lipinski definition) is 0. The second kappa shape index (κ2) is 7.40. The summed E-state index contributed by atoms with van der Waals surface area (Å²) >= 11 is 0. The zero-order valence-corrected chi connectivity index (χ0v) is 13.6. The van der Waals surface area contributed by atoms with Crippen LogP contribution in [0.15, 0.2) is 30.3 Å². The van der Waals surface area contributed by atoms with Gasteiger partial charge < -0.3 is 4.43 Å². The van der Waals surface area contributed by atoms with E-state index in [9.17, 15) is 17.6 Å².